The number of carbonyl (C=O) groups is 2. The number of aromatic nitrogens is 1. The quantitative estimate of drug-likeness (QED) is 0.842. The van der Waals surface area contributed by atoms with Gasteiger partial charge in [0.05, 0.1) is 11.8 Å². The number of pyridine rings is 1. The molecule has 0 radical (unpaired) electrons. The van der Waals surface area contributed by atoms with E-state index < -0.39 is 0 Å². The predicted octanol–water partition coefficient (Wildman–Crippen LogP) is 0.578. The molecule has 4 heterocycles. The van der Waals surface area contributed by atoms with Gasteiger partial charge in [-0.2, -0.15) is 0 Å². The van der Waals surface area contributed by atoms with Gasteiger partial charge >= 0.3 is 0 Å². The number of amides is 2. The summed E-state index contributed by atoms with van der Waals surface area (Å²) in [5.74, 6) is 0.308. The Kier molecular flexibility index (Phi) is 5.57. The average molecular weight is 371 g/mol. The van der Waals surface area contributed by atoms with Crippen molar-refractivity contribution >= 4 is 17.5 Å². The molecule has 4 rings (SSSR count). The number of nitrogens with zero attached hydrogens (tertiary/aromatic N) is 4. The van der Waals surface area contributed by atoms with Crippen LogP contribution in [0.3, 0.4) is 0 Å². The average Bonchev–Trinajstić information content (AvgIpc) is 3.28. The summed E-state index contributed by atoms with van der Waals surface area (Å²) >= 11 is 0. The summed E-state index contributed by atoms with van der Waals surface area (Å²) in [6, 6.07) is 4.02. The fourth-order valence-electron chi connectivity index (χ4n) is 4.51. The van der Waals surface area contributed by atoms with E-state index in [9.17, 15) is 9.59 Å². The lowest BCUT2D eigenvalue weighted by Crippen LogP contribution is -2.54. The van der Waals surface area contributed by atoms with Crippen LogP contribution >= 0.6 is 0 Å². The molecule has 146 valence electrons. The zero-order valence-corrected chi connectivity index (χ0v) is 15.8. The predicted molar refractivity (Wildman–Crippen MR) is 103 cm³/mol. The van der Waals surface area contributed by atoms with Gasteiger partial charge in [-0.1, -0.05) is 0 Å². The number of hydrogen-bond acceptors (Lipinski definition) is 5. The molecule has 0 saturated carbocycles. The molecule has 1 aromatic rings. The molecule has 3 saturated heterocycles. The first-order valence-corrected chi connectivity index (χ1v) is 10.2. The summed E-state index contributed by atoms with van der Waals surface area (Å²) in [5, 5.41) is 3.33. The fourth-order valence-corrected chi connectivity index (χ4v) is 4.51. The Bertz CT molecular complexity index is 654. The molecular weight excluding hydrogens is 342 g/mol. The highest BCUT2D eigenvalue weighted by molar-refractivity contribution is 5.83. The van der Waals surface area contributed by atoms with Crippen LogP contribution < -0.4 is 10.2 Å². The van der Waals surface area contributed by atoms with E-state index in [-0.39, 0.29) is 23.7 Å². The lowest BCUT2D eigenvalue weighted by atomic mass is 9.88. The number of likely N-dealkylation sites (tertiary alicyclic amines) is 1. The van der Waals surface area contributed by atoms with Crippen molar-refractivity contribution in [3.8, 4) is 0 Å². The Labute approximate surface area is 160 Å². The van der Waals surface area contributed by atoms with E-state index in [2.05, 4.69) is 15.2 Å². The minimum Gasteiger partial charge on any atom is -0.368 e. The molecule has 1 aromatic heterocycles. The third-order valence-electron chi connectivity index (χ3n) is 6.09. The topological polar surface area (TPSA) is 68.8 Å². The summed E-state index contributed by atoms with van der Waals surface area (Å²) in [4.78, 5) is 36.0. The summed E-state index contributed by atoms with van der Waals surface area (Å²) in [6.45, 7) is 6.31. The van der Waals surface area contributed by atoms with Crippen molar-refractivity contribution in [1.82, 2.24) is 20.1 Å². The lowest BCUT2D eigenvalue weighted by Gasteiger charge is -2.39. The lowest BCUT2D eigenvalue weighted by molar-refractivity contribution is -0.140. The van der Waals surface area contributed by atoms with Crippen LogP contribution in [0.4, 0.5) is 5.69 Å². The highest BCUT2D eigenvalue weighted by atomic mass is 16.2. The Balaban J connectivity index is 1.31. The molecule has 2 amide bonds. The van der Waals surface area contributed by atoms with Crippen LogP contribution in [-0.2, 0) is 9.59 Å². The van der Waals surface area contributed by atoms with Crippen LogP contribution in [0.5, 0.6) is 0 Å². The minimum absolute atomic E-state index is 0.0519. The van der Waals surface area contributed by atoms with E-state index >= 15 is 0 Å². The standard InChI is InChI=1S/C20H29N5O2/c26-19(24-7-1-2-8-24)16-13-17(15-22-14-16)20(27)25-11-9-23(10-12-25)18-3-5-21-6-4-18/h3-6,16-17,22H,1-2,7-15H2/t16-,17-/m0/s1. The van der Waals surface area contributed by atoms with Crippen LogP contribution in [0.15, 0.2) is 24.5 Å². The zero-order chi connectivity index (χ0) is 18.6. The van der Waals surface area contributed by atoms with Gasteiger partial charge in [-0.15, -0.1) is 0 Å². The molecule has 3 fully saturated rings. The first-order valence-electron chi connectivity index (χ1n) is 10.2. The van der Waals surface area contributed by atoms with Gasteiger partial charge < -0.3 is 20.0 Å². The highest BCUT2D eigenvalue weighted by Crippen LogP contribution is 2.24. The van der Waals surface area contributed by atoms with Crippen molar-refractivity contribution in [2.75, 3.05) is 57.3 Å². The summed E-state index contributed by atoms with van der Waals surface area (Å²) in [7, 11) is 0. The van der Waals surface area contributed by atoms with E-state index in [0.717, 1.165) is 57.8 Å². The second-order valence-electron chi connectivity index (χ2n) is 7.84. The molecule has 27 heavy (non-hydrogen) atoms. The Morgan fingerprint density at radius 2 is 1.41 bits per heavy atom. The Morgan fingerprint density at radius 1 is 0.852 bits per heavy atom. The first kappa shape index (κ1) is 18.2. The van der Waals surface area contributed by atoms with E-state index in [1.165, 1.54) is 0 Å². The van der Waals surface area contributed by atoms with Crippen molar-refractivity contribution in [3.05, 3.63) is 24.5 Å². The Morgan fingerprint density at radius 3 is 2.00 bits per heavy atom. The third kappa shape index (κ3) is 4.08. The highest BCUT2D eigenvalue weighted by Gasteiger charge is 2.36. The summed E-state index contributed by atoms with van der Waals surface area (Å²) in [6.07, 6.45) is 6.51. The maximum Gasteiger partial charge on any atom is 0.227 e. The molecule has 0 unspecified atom stereocenters. The molecule has 3 aliphatic heterocycles. The summed E-state index contributed by atoms with van der Waals surface area (Å²) in [5.41, 5.74) is 1.16. The molecule has 0 aliphatic carbocycles. The number of nitrogens with one attached hydrogen (secondary N) is 1. The molecular formula is C20H29N5O2. The maximum atomic E-state index is 13.0. The zero-order valence-electron chi connectivity index (χ0n) is 15.8. The van der Waals surface area contributed by atoms with E-state index in [4.69, 9.17) is 0 Å². The van der Waals surface area contributed by atoms with Crippen LogP contribution in [0, 0.1) is 11.8 Å². The SMILES string of the molecule is O=C([C@@H]1CNC[C@@H](C(=O)N2CCN(c3ccncc3)CC2)C1)N1CCCC1. The van der Waals surface area contributed by atoms with E-state index in [1.54, 1.807) is 12.4 Å². The van der Waals surface area contributed by atoms with Crippen LogP contribution in [0.2, 0.25) is 0 Å². The molecule has 0 spiro atoms. The minimum atomic E-state index is -0.0808. The van der Waals surface area contributed by atoms with E-state index in [1.807, 2.05) is 21.9 Å². The van der Waals surface area contributed by atoms with Gasteiger partial charge in [0.2, 0.25) is 11.8 Å². The monoisotopic (exact) mass is 371 g/mol. The molecule has 7 nitrogen and oxygen atoms in total. The van der Waals surface area contributed by atoms with Gasteiger partial charge in [0.25, 0.3) is 0 Å². The van der Waals surface area contributed by atoms with Gasteiger partial charge in [0.1, 0.15) is 0 Å². The fraction of sp³-hybridized carbons (Fsp3) is 0.650. The van der Waals surface area contributed by atoms with Crippen molar-refractivity contribution < 1.29 is 9.59 Å². The van der Waals surface area contributed by atoms with Crippen LogP contribution in [0.1, 0.15) is 19.3 Å². The molecule has 0 aromatic carbocycles. The van der Waals surface area contributed by atoms with Crippen LogP contribution in [-0.4, -0.2) is 79.0 Å². The van der Waals surface area contributed by atoms with E-state index in [0.29, 0.717) is 19.5 Å². The molecule has 0 bridgehead atoms. The smallest absolute Gasteiger partial charge is 0.227 e. The largest absolute Gasteiger partial charge is 0.368 e. The van der Waals surface area contributed by atoms with Crippen molar-refractivity contribution in [2.24, 2.45) is 11.8 Å². The number of piperazine rings is 1. The van der Waals surface area contributed by atoms with Crippen molar-refractivity contribution in [3.63, 3.8) is 0 Å². The van der Waals surface area contributed by atoms with Crippen LogP contribution in [0.25, 0.3) is 0 Å². The number of rotatable bonds is 3. The third-order valence-corrected chi connectivity index (χ3v) is 6.09. The number of hydrogen-bond donors (Lipinski definition) is 1. The van der Waals surface area contributed by atoms with Crippen molar-refractivity contribution in [2.45, 2.75) is 19.3 Å². The number of anilines is 1. The molecule has 7 heteroatoms. The first-order chi connectivity index (χ1) is 13.2. The second kappa shape index (κ2) is 8.25. The van der Waals surface area contributed by atoms with Gasteiger partial charge in [-0.25, -0.2) is 0 Å². The normalized spacial score (nSPS) is 26.3. The van der Waals surface area contributed by atoms with Gasteiger partial charge in [-0.3, -0.25) is 14.6 Å². The molecule has 1 N–H and O–H groups in total. The number of piperidine rings is 1. The molecule has 3 aliphatic rings. The van der Waals surface area contributed by atoms with Gasteiger partial charge in [0.15, 0.2) is 0 Å². The maximum absolute atomic E-state index is 13.0. The van der Waals surface area contributed by atoms with Gasteiger partial charge in [-0.05, 0) is 31.4 Å². The summed E-state index contributed by atoms with van der Waals surface area (Å²) < 4.78 is 0. The molecule has 2 atom stereocenters. The number of carbonyl (C=O) groups excluding carboxylic acids is 2. The van der Waals surface area contributed by atoms with Gasteiger partial charge in [0, 0.05) is 70.4 Å². The van der Waals surface area contributed by atoms with Crippen molar-refractivity contribution in [1.29, 1.82) is 0 Å². The Hall–Kier alpha value is -2.15. The second-order valence-corrected chi connectivity index (χ2v) is 7.84.